The van der Waals surface area contributed by atoms with Gasteiger partial charge in [0.2, 0.25) is 0 Å². The number of ketones is 1. The van der Waals surface area contributed by atoms with Gasteiger partial charge in [-0.3, -0.25) is 9.00 Å². The molecule has 3 heteroatoms. The SMILES string of the molecule is CC(=O)C=Cc1ccc(S(C)=O)cc1. The maximum Gasteiger partial charge on any atom is 0.152 e. The van der Waals surface area contributed by atoms with Crippen LogP contribution in [0.5, 0.6) is 0 Å². The van der Waals surface area contributed by atoms with Crippen molar-refractivity contribution in [2.45, 2.75) is 11.8 Å². The Morgan fingerprint density at radius 1 is 1.29 bits per heavy atom. The molecule has 0 bridgehead atoms. The summed E-state index contributed by atoms with van der Waals surface area (Å²) < 4.78 is 11.1. The lowest BCUT2D eigenvalue weighted by Gasteiger charge is -1.96. The summed E-state index contributed by atoms with van der Waals surface area (Å²) in [6, 6.07) is 7.29. The van der Waals surface area contributed by atoms with Crippen LogP contribution >= 0.6 is 0 Å². The third kappa shape index (κ3) is 3.26. The van der Waals surface area contributed by atoms with Gasteiger partial charge in [-0.05, 0) is 30.7 Å². The molecule has 1 atom stereocenters. The maximum atomic E-state index is 11.1. The molecular weight excluding hydrogens is 196 g/mol. The first-order valence-electron chi connectivity index (χ1n) is 4.22. The fourth-order valence-corrected chi connectivity index (χ4v) is 1.50. The molecule has 0 aromatic heterocycles. The zero-order chi connectivity index (χ0) is 10.6. The molecule has 74 valence electrons. The summed E-state index contributed by atoms with van der Waals surface area (Å²) >= 11 is 0. The second-order valence-electron chi connectivity index (χ2n) is 2.97. The van der Waals surface area contributed by atoms with E-state index in [-0.39, 0.29) is 5.78 Å². The number of benzene rings is 1. The number of allylic oxidation sites excluding steroid dienone is 1. The van der Waals surface area contributed by atoms with Crippen molar-refractivity contribution in [1.29, 1.82) is 0 Å². The van der Waals surface area contributed by atoms with Crippen molar-refractivity contribution in [1.82, 2.24) is 0 Å². The molecule has 0 radical (unpaired) electrons. The van der Waals surface area contributed by atoms with Gasteiger partial charge in [0.1, 0.15) is 0 Å². The van der Waals surface area contributed by atoms with Crippen LogP contribution in [0.4, 0.5) is 0 Å². The Morgan fingerprint density at radius 2 is 1.86 bits per heavy atom. The van der Waals surface area contributed by atoms with Crippen LogP contribution in [0.3, 0.4) is 0 Å². The van der Waals surface area contributed by atoms with Crippen molar-refractivity contribution < 1.29 is 9.00 Å². The molecule has 0 saturated carbocycles. The summed E-state index contributed by atoms with van der Waals surface area (Å²) in [5.74, 6) is 0.0214. The average Bonchev–Trinajstić information content (AvgIpc) is 2.15. The van der Waals surface area contributed by atoms with Crippen molar-refractivity contribution in [3.8, 4) is 0 Å². The van der Waals surface area contributed by atoms with Crippen molar-refractivity contribution in [3.05, 3.63) is 35.9 Å². The summed E-state index contributed by atoms with van der Waals surface area (Å²) in [7, 11) is -0.941. The van der Waals surface area contributed by atoms with Gasteiger partial charge in [0, 0.05) is 22.0 Å². The van der Waals surface area contributed by atoms with Gasteiger partial charge in [0.25, 0.3) is 0 Å². The van der Waals surface area contributed by atoms with E-state index in [0.29, 0.717) is 0 Å². The topological polar surface area (TPSA) is 34.1 Å². The quantitative estimate of drug-likeness (QED) is 0.712. The van der Waals surface area contributed by atoms with Gasteiger partial charge in [0.15, 0.2) is 5.78 Å². The van der Waals surface area contributed by atoms with Crippen molar-refractivity contribution in [2.24, 2.45) is 0 Å². The van der Waals surface area contributed by atoms with Gasteiger partial charge in [-0.25, -0.2) is 0 Å². The summed E-state index contributed by atoms with van der Waals surface area (Å²) in [4.78, 5) is 11.5. The molecule has 0 aliphatic carbocycles. The van der Waals surface area contributed by atoms with Crippen molar-refractivity contribution in [2.75, 3.05) is 6.26 Å². The standard InChI is InChI=1S/C11H12O2S/c1-9(12)3-4-10-5-7-11(8-6-10)14(2)13/h3-8H,1-2H3. The minimum atomic E-state index is -0.941. The molecule has 0 aliphatic rings. The van der Waals surface area contributed by atoms with Crippen LogP contribution < -0.4 is 0 Å². The van der Waals surface area contributed by atoms with Crippen LogP contribution in [0, 0.1) is 0 Å². The molecule has 1 aromatic rings. The van der Waals surface area contributed by atoms with Gasteiger partial charge in [0.05, 0.1) is 0 Å². The Labute approximate surface area is 86.1 Å². The van der Waals surface area contributed by atoms with Crippen LogP contribution in [-0.2, 0) is 15.6 Å². The minimum Gasteiger partial charge on any atom is -0.295 e. The molecular formula is C11H12O2S. The van der Waals surface area contributed by atoms with Gasteiger partial charge in [-0.15, -0.1) is 0 Å². The highest BCUT2D eigenvalue weighted by Gasteiger charge is 1.95. The molecule has 1 aromatic carbocycles. The zero-order valence-corrected chi connectivity index (χ0v) is 9.01. The molecule has 0 aliphatic heterocycles. The van der Waals surface area contributed by atoms with Crippen molar-refractivity contribution in [3.63, 3.8) is 0 Å². The first-order chi connectivity index (χ1) is 6.59. The largest absolute Gasteiger partial charge is 0.295 e. The van der Waals surface area contributed by atoms with Crippen LogP contribution in [0.15, 0.2) is 35.2 Å². The third-order valence-corrected chi connectivity index (χ3v) is 2.66. The summed E-state index contributed by atoms with van der Waals surface area (Å²) in [6.45, 7) is 1.51. The van der Waals surface area contributed by atoms with E-state index in [1.165, 1.54) is 13.0 Å². The van der Waals surface area contributed by atoms with E-state index in [1.54, 1.807) is 24.5 Å². The maximum absolute atomic E-state index is 11.1. The summed E-state index contributed by atoms with van der Waals surface area (Å²) in [6.07, 6.45) is 4.89. The molecule has 0 heterocycles. The predicted molar refractivity (Wildman–Crippen MR) is 58.5 cm³/mol. The van der Waals surface area contributed by atoms with E-state index in [9.17, 15) is 9.00 Å². The number of carbonyl (C=O) groups excluding carboxylic acids is 1. The fourth-order valence-electron chi connectivity index (χ4n) is 0.984. The highest BCUT2D eigenvalue weighted by Crippen LogP contribution is 2.08. The molecule has 1 rings (SSSR count). The van der Waals surface area contributed by atoms with E-state index in [4.69, 9.17) is 0 Å². The number of hydrogen-bond donors (Lipinski definition) is 0. The number of rotatable bonds is 3. The lowest BCUT2D eigenvalue weighted by Crippen LogP contribution is -1.86. The smallest absolute Gasteiger partial charge is 0.152 e. The van der Waals surface area contributed by atoms with Gasteiger partial charge >= 0.3 is 0 Å². The van der Waals surface area contributed by atoms with Crippen LogP contribution in [0.2, 0.25) is 0 Å². The predicted octanol–water partition coefficient (Wildman–Crippen LogP) is 2.03. The second-order valence-corrected chi connectivity index (χ2v) is 4.35. The van der Waals surface area contributed by atoms with E-state index in [1.807, 2.05) is 12.1 Å². The number of carbonyl (C=O) groups is 1. The molecule has 0 amide bonds. The van der Waals surface area contributed by atoms with Crippen LogP contribution in [-0.4, -0.2) is 16.2 Å². The Kier molecular flexibility index (Phi) is 3.77. The Balaban J connectivity index is 2.83. The highest BCUT2D eigenvalue weighted by atomic mass is 32.2. The van der Waals surface area contributed by atoms with Gasteiger partial charge < -0.3 is 0 Å². The van der Waals surface area contributed by atoms with E-state index < -0.39 is 10.8 Å². The zero-order valence-electron chi connectivity index (χ0n) is 8.19. The Bertz CT molecular complexity index is 377. The molecule has 1 unspecified atom stereocenters. The molecule has 0 spiro atoms. The first kappa shape index (κ1) is 10.9. The van der Waals surface area contributed by atoms with Crippen LogP contribution in [0.1, 0.15) is 12.5 Å². The van der Waals surface area contributed by atoms with Crippen molar-refractivity contribution >= 4 is 22.7 Å². The summed E-state index contributed by atoms with van der Waals surface area (Å²) in [5, 5.41) is 0. The van der Waals surface area contributed by atoms with Gasteiger partial charge in [-0.2, -0.15) is 0 Å². The fraction of sp³-hybridized carbons (Fsp3) is 0.182. The normalized spacial score (nSPS) is 13.0. The Hall–Kier alpha value is -1.22. The third-order valence-electron chi connectivity index (χ3n) is 1.72. The molecule has 14 heavy (non-hydrogen) atoms. The average molecular weight is 208 g/mol. The van der Waals surface area contributed by atoms with E-state index in [2.05, 4.69) is 0 Å². The number of hydrogen-bond acceptors (Lipinski definition) is 2. The molecule has 0 fully saturated rings. The lowest BCUT2D eigenvalue weighted by atomic mass is 10.2. The Morgan fingerprint density at radius 3 is 2.29 bits per heavy atom. The first-order valence-corrected chi connectivity index (χ1v) is 5.77. The minimum absolute atomic E-state index is 0.0214. The van der Waals surface area contributed by atoms with Gasteiger partial charge in [-0.1, -0.05) is 18.2 Å². The van der Waals surface area contributed by atoms with E-state index >= 15 is 0 Å². The highest BCUT2D eigenvalue weighted by molar-refractivity contribution is 7.84. The molecule has 0 saturated heterocycles. The van der Waals surface area contributed by atoms with E-state index in [0.717, 1.165) is 10.5 Å². The molecule has 0 N–H and O–H groups in total. The lowest BCUT2D eigenvalue weighted by molar-refractivity contribution is -0.112. The van der Waals surface area contributed by atoms with Crippen LogP contribution in [0.25, 0.3) is 6.08 Å². The summed E-state index contributed by atoms with van der Waals surface area (Å²) in [5.41, 5.74) is 0.939. The monoisotopic (exact) mass is 208 g/mol. The second kappa shape index (κ2) is 4.86. The molecule has 2 nitrogen and oxygen atoms in total.